The SMILES string of the molecule is COCC(CCO)NS(=O)(=O)c1ccc(F)c(Cl)c1. The Balaban J connectivity index is 2.92. The number of nitrogens with one attached hydrogen (secondary N) is 1. The Morgan fingerprint density at radius 2 is 2.21 bits per heavy atom. The maximum absolute atomic E-state index is 13.0. The monoisotopic (exact) mass is 311 g/mol. The smallest absolute Gasteiger partial charge is 0.240 e. The molecule has 1 aromatic rings. The van der Waals surface area contributed by atoms with E-state index in [2.05, 4.69) is 4.72 Å². The number of halogens is 2. The Morgan fingerprint density at radius 1 is 1.53 bits per heavy atom. The lowest BCUT2D eigenvalue weighted by Gasteiger charge is -2.17. The van der Waals surface area contributed by atoms with Crippen LogP contribution in [0.5, 0.6) is 0 Å². The van der Waals surface area contributed by atoms with E-state index in [1.54, 1.807) is 0 Å². The number of hydrogen-bond donors (Lipinski definition) is 2. The second-order valence-corrected chi connectivity index (χ2v) is 5.98. The summed E-state index contributed by atoms with van der Waals surface area (Å²) in [6.45, 7) is -0.0601. The first-order valence-corrected chi connectivity index (χ1v) is 7.34. The van der Waals surface area contributed by atoms with Crippen molar-refractivity contribution in [3.63, 3.8) is 0 Å². The number of rotatable bonds is 7. The first-order chi connectivity index (χ1) is 8.90. The molecule has 0 saturated carbocycles. The predicted octanol–water partition coefficient (Wildman–Crippen LogP) is 1.15. The number of ether oxygens (including phenoxy) is 1. The topological polar surface area (TPSA) is 75.6 Å². The van der Waals surface area contributed by atoms with Crippen LogP contribution in [0.1, 0.15) is 6.42 Å². The van der Waals surface area contributed by atoms with E-state index >= 15 is 0 Å². The summed E-state index contributed by atoms with van der Waals surface area (Å²) in [5.74, 6) is -0.690. The van der Waals surface area contributed by atoms with E-state index in [4.69, 9.17) is 21.4 Å². The Hall–Kier alpha value is -0.730. The van der Waals surface area contributed by atoms with Crippen molar-refractivity contribution in [1.82, 2.24) is 4.72 Å². The molecule has 0 aliphatic rings. The standard InChI is InChI=1S/C11H15ClFNO4S/c1-18-7-8(4-5-15)14-19(16,17)9-2-3-11(13)10(12)6-9/h2-3,6,8,14-15H,4-5,7H2,1H3. The molecule has 1 unspecified atom stereocenters. The van der Waals surface area contributed by atoms with Gasteiger partial charge < -0.3 is 9.84 Å². The molecule has 2 N–H and O–H groups in total. The molecule has 1 aromatic carbocycles. The summed E-state index contributed by atoms with van der Waals surface area (Å²) in [5, 5.41) is 8.58. The van der Waals surface area contributed by atoms with Crippen LogP contribution in [0.15, 0.2) is 23.1 Å². The van der Waals surface area contributed by atoms with Gasteiger partial charge in [0.05, 0.1) is 16.5 Å². The lowest BCUT2D eigenvalue weighted by atomic mass is 10.2. The molecule has 0 amide bonds. The number of benzene rings is 1. The zero-order chi connectivity index (χ0) is 14.5. The highest BCUT2D eigenvalue weighted by Gasteiger charge is 2.20. The van der Waals surface area contributed by atoms with E-state index < -0.39 is 21.9 Å². The second kappa shape index (κ2) is 7.16. The summed E-state index contributed by atoms with van der Waals surface area (Å²) >= 11 is 5.55. The van der Waals surface area contributed by atoms with E-state index in [0.717, 1.165) is 18.2 Å². The van der Waals surface area contributed by atoms with Crippen molar-refractivity contribution in [3.05, 3.63) is 29.0 Å². The maximum Gasteiger partial charge on any atom is 0.240 e. The molecule has 0 heterocycles. The highest BCUT2D eigenvalue weighted by atomic mass is 35.5. The first kappa shape index (κ1) is 16.3. The molecule has 0 aliphatic heterocycles. The minimum absolute atomic E-state index is 0.120. The van der Waals surface area contributed by atoms with Crippen molar-refractivity contribution in [3.8, 4) is 0 Å². The van der Waals surface area contributed by atoms with Gasteiger partial charge in [0.25, 0.3) is 0 Å². The summed E-state index contributed by atoms with van der Waals surface area (Å²) in [7, 11) is -2.41. The Morgan fingerprint density at radius 3 is 2.74 bits per heavy atom. The molecule has 1 atom stereocenters. The molecule has 0 saturated heterocycles. The molecular weight excluding hydrogens is 297 g/mol. The van der Waals surface area contributed by atoms with E-state index in [1.165, 1.54) is 7.11 Å². The largest absolute Gasteiger partial charge is 0.396 e. The molecule has 19 heavy (non-hydrogen) atoms. The molecular formula is C11H15ClFNO4S. The first-order valence-electron chi connectivity index (χ1n) is 5.48. The lowest BCUT2D eigenvalue weighted by Crippen LogP contribution is -2.38. The summed E-state index contributed by atoms with van der Waals surface area (Å²) in [4.78, 5) is -0.141. The quantitative estimate of drug-likeness (QED) is 0.792. The van der Waals surface area contributed by atoms with Crippen molar-refractivity contribution in [2.75, 3.05) is 20.3 Å². The maximum atomic E-state index is 13.0. The molecule has 5 nitrogen and oxygen atoms in total. The number of aliphatic hydroxyl groups excluding tert-OH is 1. The fraction of sp³-hybridized carbons (Fsp3) is 0.455. The van der Waals surface area contributed by atoms with E-state index in [-0.39, 0.29) is 29.6 Å². The fourth-order valence-electron chi connectivity index (χ4n) is 1.46. The van der Waals surface area contributed by atoms with Crippen LogP contribution in [0, 0.1) is 5.82 Å². The van der Waals surface area contributed by atoms with Gasteiger partial charge in [0.15, 0.2) is 0 Å². The van der Waals surface area contributed by atoms with Gasteiger partial charge in [-0.05, 0) is 24.6 Å². The fourth-order valence-corrected chi connectivity index (χ4v) is 2.99. The summed E-state index contributed by atoms with van der Waals surface area (Å²) in [6.07, 6.45) is 0.210. The van der Waals surface area contributed by atoms with Crippen LogP contribution in [-0.4, -0.2) is 39.9 Å². The third kappa shape index (κ3) is 4.70. The predicted molar refractivity (Wildman–Crippen MR) is 69.1 cm³/mol. The van der Waals surface area contributed by atoms with Crippen molar-refractivity contribution in [2.24, 2.45) is 0 Å². The second-order valence-electron chi connectivity index (χ2n) is 3.86. The Bertz CT molecular complexity index is 517. The highest BCUT2D eigenvalue weighted by molar-refractivity contribution is 7.89. The zero-order valence-electron chi connectivity index (χ0n) is 10.3. The Labute approximate surface area is 116 Å². The third-order valence-corrected chi connectivity index (χ3v) is 4.18. The number of hydrogen-bond acceptors (Lipinski definition) is 4. The molecule has 0 aliphatic carbocycles. The van der Waals surface area contributed by atoms with Crippen LogP contribution in [0.2, 0.25) is 5.02 Å². The zero-order valence-corrected chi connectivity index (χ0v) is 11.8. The average molecular weight is 312 g/mol. The average Bonchev–Trinajstić information content (AvgIpc) is 2.32. The molecule has 0 radical (unpaired) electrons. The molecule has 0 spiro atoms. The molecule has 1 rings (SSSR count). The molecule has 0 aromatic heterocycles. The molecule has 8 heteroatoms. The third-order valence-electron chi connectivity index (χ3n) is 2.37. The van der Waals surface area contributed by atoms with Crippen LogP contribution in [0.4, 0.5) is 4.39 Å². The van der Waals surface area contributed by atoms with Gasteiger partial charge in [-0.2, -0.15) is 0 Å². The van der Waals surface area contributed by atoms with Crippen molar-refractivity contribution in [1.29, 1.82) is 0 Å². The van der Waals surface area contributed by atoms with Gasteiger partial charge in [-0.1, -0.05) is 11.6 Å². The van der Waals surface area contributed by atoms with Gasteiger partial charge >= 0.3 is 0 Å². The van der Waals surface area contributed by atoms with Crippen LogP contribution >= 0.6 is 11.6 Å². The summed E-state index contributed by atoms with van der Waals surface area (Å²) in [5.41, 5.74) is 0. The van der Waals surface area contributed by atoms with Gasteiger partial charge in [-0.15, -0.1) is 0 Å². The molecule has 108 valence electrons. The van der Waals surface area contributed by atoms with Gasteiger partial charge in [-0.3, -0.25) is 0 Å². The van der Waals surface area contributed by atoms with Gasteiger partial charge in [0, 0.05) is 19.8 Å². The van der Waals surface area contributed by atoms with E-state index in [1.807, 2.05) is 0 Å². The number of methoxy groups -OCH3 is 1. The van der Waals surface area contributed by atoms with Crippen molar-refractivity contribution in [2.45, 2.75) is 17.4 Å². The van der Waals surface area contributed by atoms with Crippen molar-refractivity contribution < 1.29 is 22.7 Å². The normalized spacial score (nSPS) is 13.5. The van der Waals surface area contributed by atoms with Gasteiger partial charge in [0.2, 0.25) is 10.0 Å². The van der Waals surface area contributed by atoms with Crippen LogP contribution in [-0.2, 0) is 14.8 Å². The minimum Gasteiger partial charge on any atom is -0.396 e. The van der Waals surface area contributed by atoms with E-state index in [9.17, 15) is 12.8 Å². The van der Waals surface area contributed by atoms with Gasteiger partial charge in [-0.25, -0.2) is 17.5 Å². The molecule has 0 bridgehead atoms. The number of sulfonamides is 1. The Kier molecular flexibility index (Phi) is 6.15. The lowest BCUT2D eigenvalue weighted by molar-refractivity contribution is 0.158. The molecule has 0 fully saturated rings. The summed E-state index contributed by atoms with van der Waals surface area (Å²) < 4.78 is 44.3. The van der Waals surface area contributed by atoms with Gasteiger partial charge in [0.1, 0.15) is 5.82 Å². The van der Waals surface area contributed by atoms with E-state index in [0.29, 0.717) is 0 Å². The number of aliphatic hydroxyl groups is 1. The minimum atomic E-state index is -3.84. The van der Waals surface area contributed by atoms with Crippen LogP contribution < -0.4 is 4.72 Å². The van der Waals surface area contributed by atoms with Crippen LogP contribution in [0.3, 0.4) is 0 Å². The highest BCUT2D eigenvalue weighted by Crippen LogP contribution is 2.19. The van der Waals surface area contributed by atoms with Crippen molar-refractivity contribution >= 4 is 21.6 Å². The summed E-state index contributed by atoms with van der Waals surface area (Å²) in [6, 6.07) is 2.56. The van der Waals surface area contributed by atoms with Crippen LogP contribution in [0.25, 0.3) is 0 Å².